The number of nitrogens with zero attached hydrogens (tertiary/aromatic N) is 1. The standard InChI is InChI=1S/C11H20N2O4.ClH/c1-4-8-17-10(16)13(3)7-5-6-11(2,12)9(14)15;/h4H,1,5-8,12H2,2-3H3,(H,14,15);1H. The van der Waals surface area contributed by atoms with Gasteiger partial charge in [0.2, 0.25) is 0 Å². The second-order valence-corrected chi connectivity index (χ2v) is 4.11. The first-order chi connectivity index (χ1) is 7.81. The molecule has 1 atom stereocenters. The molecule has 0 bridgehead atoms. The smallest absolute Gasteiger partial charge is 0.409 e. The van der Waals surface area contributed by atoms with Crippen molar-refractivity contribution in [2.24, 2.45) is 5.73 Å². The van der Waals surface area contributed by atoms with E-state index in [9.17, 15) is 9.59 Å². The molecule has 1 unspecified atom stereocenters. The number of amides is 1. The Balaban J connectivity index is 0. The Morgan fingerprint density at radius 1 is 1.56 bits per heavy atom. The summed E-state index contributed by atoms with van der Waals surface area (Å²) in [4.78, 5) is 23.4. The third-order valence-corrected chi connectivity index (χ3v) is 2.31. The minimum absolute atomic E-state index is 0. The molecule has 7 heteroatoms. The summed E-state index contributed by atoms with van der Waals surface area (Å²) in [5, 5.41) is 8.79. The monoisotopic (exact) mass is 280 g/mol. The number of hydrogen-bond acceptors (Lipinski definition) is 4. The number of rotatable bonds is 7. The number of carbonyl (C=O) groups excluding carboxylic acids is 1. The number of carboxylic acid groups (broad SMARTS) is 1. The first-order valence-corrected chi connectivity index (χ1v) is 5.32. The predicted octanol–water partition coefficient (Wildman–Crippen LogP) is 1.24. The van der Waals surface area contributed by atoms with Gasteiger partial charge in [-0.15, -0.1) is 12.4 Å². The molecular weight excluding hydrogens is 260 g/mol. The van der Waals surface area contributed by atoms with Crippen molar-refractivity contribution in [2.45, 2.75) is 25.3 Å². The number of ether oxygens (including phenoxy) is 1. The van der Waals surface area contributed by atoms with Gasteiger partial charge in [-0.1, -0.05) is 12.7 Å². The highest BCUT2D eigenvalue weighted by Gasteiger charge is 2.27. The molecule has 18 heavy (non-hydrogen) atoms. The summed E-state index contributed by atoms with van der Waals surface area (Å²) in [5.74, 6) is -1.05. The molecule has 0 radical (unpaired) electrons. The molecule has 0 aliphatic rings. The lowest BCUT2D eigenvalue weighted by Gasteiger charge is -2.21. The highest BCUT2D eigenvalue weighted by Crippen LogP contribution is 2.09. The van der Waals surface area contributed by atoms with Crippen LogP contribution in [0.3, 0.4) is 0 Å². The van der Waals surface area contributed by atoms with Gasteiger partial charge in [-0.3, -0.25) is 4.79 Å². The van der Waals surface area contributed by atoms with Gasteiger partial charge in [-0.05, 0) is 19.8 Å². The number of carbonyl (C=O) groups is 2. The van der Waals surface area contributed by atoms with Crippen molar-refractivity contribution >= 4 is 24.5 Å². The van der Waals surface area contributed by atoms with Crippen LogP contribution in [0.5, 0.6) is 0 Å². The van der Waals surface area contributed by atoms with E-state index in [0.29, 0.717) is 19.4 Å². The number of nitrogens with two attached hydrogens (primary N) is 1. The van der Waals surface area contributed by atoms with E-state index in [2.05, 4.69) is 6.58 Å². The molecule has 0 rings (SSSR count). The summed E-state index contributed by atoms with van der Waals surface area (Å²) >= 11 is 0. The van der Waals surface area contributed by atoms with Crippen LogP contribution in [-0.4, -0.2) is 47.8 Å². The SMILES string of the molecule is C=CCOC(=O)N(C)CCCC(C)(N)C(=O)O.Cl. The van der Waals surface area contributed by atoms with E-state index in [0.717, 1.165) is 0 Å². The van der Waals surface area contributed by atoms with Crippen molar-refractivity contribution < 1.29 is 19.4 Å². The molecule has 0 spiro atoms. The van der Waals surface area contributed by atoms with E-state index in [1.807, 2.05) is 0 Å². The molecule has 0 aliphatic heterocycles. The zero-order valence-corrected chi connectivity index (χ0v) is 11.5. The molecule has 0 heterocycles. The molecular formula is C11H21ClN2O4. The zero-order valence-electron chi connectivity index (χ0n) is 10.7. The largest absolute Gasteiger partial charge is 0.480 e. The van der Waals surface area contributed by atoms with E-state index < -0.39 is 17.6 Å². The zero-order chi connectivity index (χ0) is 13.5. The van der Waals surface area contributed by atoms with E-state index in [4.69, 9.17) is 15.6 Å². The summed E-state index contributed by atoms with van der Waals surface area (Å²) in [6.07, 6.45) is 1.81. The van der Waals surface area contributed by atoms with E-state index in [1.165, 1.54) is 17.9 Å². The fourth-order valence-corrected chi connectivity index (χ4v) is 1.12. The van der Waals surface area contributed by atoms with Crippen molar-refractivity contribution in [3.05, 3.63) is 12.7 Å². The molecule has 6 nitrogen and oxygen atoms in total. The summed E-state index contributed by atoms with van der Waals surface area (Å²) in [7, 11) is 1.58. The van der Waals surface area contributed by atoms with Gasteiger partial charge in [0.05, 0.1) is 0 Å². The molecule has 106 valence electrons. The Bertz CT molecular complexity index is 295. The minimum Gasteiger partial charge on any atom is -0.480 e. The minimum atomic E-state index is -1.26. The van der Waals surface area contributed by atoms with Gasteiger partial charge >= 0.3 is 12.1 Å². The Labute approximate surface area is 113 Å². The maximum atomic E-state index is 11.3. The van der Waals surface area contributed by atoms with Crippen LogP contribution < -0.4 is 5.73 Å². The molecule has 0 aliphatic carbocycles. The van der Waals surface area contributed by atoms with Crippen LogP contribution in [0.25, 0.3) is 0 Å². The number of carboxylic acids is 1. The third kappa shape index (κ3) is 7.13. The van der Waals surface area contributed by atoms with Gasteiger partial charge in [0.1, 0.15) is 12.1 Å². The summed E-state index contributed by atoms with van der Waals surface area (Å²) in [5.41, 5.74) is 4.30. The molecule has 0 saturated heterocycles. The Hall–Kier alpha value is -1.27. The van der Waals surface area contributed by atoms with Crippen LogP contribution in [0.1, 0.15) is 19.8 Å². The van der Waals surface area contributed by atoms with E-state index in [-0.39, 0.29) is 19.0 Å². The average Bonchev–Trinajstić information content (AvgIpc) is 2.25. The van der Waals surface area contributed by atoms with Crippen molar-refractivity contribution in [2.75, 3.05) is 20.2 Å². The quantitative estimate of drug-likeness (QED) is 0.685. The molecule has 0 saturated carbocycles. The highest BCUT2D eigenvalue weighted by atomic mass is 35.5. The number of halogens is 1. The Morgan fingerprint density at radius 3 is 2.56 bits per heavy atom. The average molecular weight is 281 g/mol. The van der Waals surface area contributed by atoms with Crippen molar-refractivity contribution in [3.63, 3.8) is 0 Å². The van der Waals surface area contributed by atoms with Crippen molar-refractivity contribution in [1.29, 1.82) is 0 Å². The molecule has 0 aromatic carbocycles. The highest BCUT2D eigenvalue weighted by molar-refractivity contribution is 5.85. The molecule has 0 fully saturated rings. The molecule has 0 aromatic heterocycles. The van der Waals surface area contributed by atoms with Gasteiger partial charge in [-0.25, -0.2) is 4.79 Å². The Morgan fingerprint density at radius 2 is 2.11 bits per heavy atom. The van der Waals surface area contributed by atoms with Gasteiger partial charge in [0, 0.05) is 13.6 Å². The molecule has 1 amide bonds. The number of hydrogen-bond donors (Lipinski definition) is 2. The summed E-state index contributed by atoms with van der Waals surface area (Å²) in [6.45, 7) is 5.44. The van der Waals surface area contributed by atoms with Gasteiger partial charge < -0.3 is 20.5 Å². The summed E-state index contributed by atoms with van der Waals surface area (Å²) in [6, 6.07) is 0. The second-order valence-electron chi connectivity index (χ2n) is 4.11. The van der Waals surface area contributed by atoms with E-state index >= 15 is 0 Å². The first kappa shape index (κ1) is 19.1. The van der Waals surface area contributed by atoms with Crippen LogP contribution in [0.15, 0.2) is 12.7 Å². The first-order valence-electron chi connectivity index (χ1n) is 5.32. The lowest BCUT2D eigenvalue weighted by Crippen LogP contribution is -2.45. The second kappa shape index (κ2) is 8.77. The molecule has 3 N–H and O–H groups in total. The lowest BCUT2D eigenvalue weighted by atomic mass is 9.97. The fraction of sp³-hybridized carbons (Fsp3) is 0.636. The maximum absolute atomic E-state index is 11.3. The lowest BCUT2D eigenvalue weighted by molar-refractivity contribution is -0.142. The Kier molecular flexibility index (Phi) is 9.29. The normalized spacial score (nSPS) is 12.8. The fourth-order valence-electron chi connectivity index (χ4n) is 1.12. The van der Waals surface area contributed by atoms with Gasteiger partial charge in [0.15, 0.2) is 0 Å². The van der Waals surface area contributed by atoms with Crippen LogP contribution in [0, 0.1) is 0 Å². The van der Waals surface area contributed by atoms with Gasteiger partial charge in [-0.2, -0.15) is 0 Å². The van der Waals surface area contributed by atoms with Crippen LogP contribution in [-0.2, 0) is 9.53 Å². The van der Waals surface area contributed by atoms with Crippen molar-refractivity contribution in [3.8, 4) is 0 Å². The van der Waals surface area contributed by atoms with E-state index in [1.54, 1.807) is 7.05 Å². The number of aliphatic carboxylic acids is 1. The molecule has 0 aromatic rings. The third-order valence-electron chi connectivity index (χ3n) is 2.31. The van der Waals surface area contributed by atoms with Crippen LogP contribution >= 0.6 is 12.4 Å². The van der Waals surface area contributed by atoms with Gasteiger partial charge in [0.25, 0.3) is 0 Å². The predicted molar refractivity (Wildman–Crippen MR) is 70.9 cm³/mol. The summed E-state index contributed by atoms with van der Waals surface area (Å²) < 4.78 is 4.80. The van der Waals surface area contributed by atoms with Crippen LogP contribution in [0.2, 0.25) is 0 Å². The van der Waals surface area contributed by atoms with Crippen molar-refractivity contribution in [1.82, 2.24) is 4.90 Å². The topological polar surface area (TPSA) is 92.9 Å². The maximum Gasteiger partial charge on any atom is 0.409 e. The van der Waals surface area contributed by atoms with Crippen LogP contribution in [0.4, 0.5) is 4.79 Å².